The van der Waals surface area contributed by atoms with E-state index in [1.807, 2.05) is 0 Å². The van der Waals surface area contributed by atoms with E-state index in [0.717, 1.165) is 0 Å². The van der Waals surface area contributed by atoms with Gasteiger partial charge in [0.25, 0.3) is 0 Å². The van der Waals surface area contributed by atoms with E-state index in [1.54, 1.807) is 0 Å². The molecule has 0 spiro atoms. The summed E-state index contributed by atoms with van der Waals surface area (Å²) in [6.45, 7) is 6.96. The van der Waals surface area contributed by atoms with Gasteiger partial charge < -0.3 is 0 Å². The molecule has 0 aromatic heterocycles. The fourth-order valence-electron chi connectivity index (χ4n) is 0.500. The molecular formula is C5H13KSi. The molecule has 0 saturated carbocycles. The van der Waals surface area contributed by atoms with Crippen molar-refractivity contribution in [1.82, 2.24) is 0 Å². The minimum Gasteiger partial charge on any atom is -0.267 e. The summed E-state index contributed by atoms with van der Waals surface area (Å²) in [6, 6.07) is 1.48. The van der Waals surface area contributed by atoms with Crippen LogP contribution in [0, 0.1) is 0 Å². The molecule has 0 N–H and O–H groups in total. The number of hydrogen-bond donors (Lipinski definition) is 0. The van der Waals surface area contributed by atoms with Gasteiger partial charge in [-0.2, -0.15) is 19.1 Å². The Bertz CT molecular complexity index is 29.3. The summed E-state index contributed by atoms with van der Waals surface area (Å²) in [4.78, 5) is 0. The van der Waals surface area contributed by atoms with Crippen LogP contribution in [-0.2, 0) is 0 Å². The van der Waals surface area contributed by atoms with Crippen molar-refractivity contribution in [3.05, 3.63) is 0 Å². The van der Waals surface area contributed by atoms with Gasteiger partial charge in [0.2, 0.25) is 0 Å². The Morgan fingerprint density at radius 1 is 1.29 bits per heavy atom. The standard InChI is InChI=1S/C5H13Si.K/c1-4-5-6(2)3;/h4-5H2,1-3H3;/q-1;+1. The van der Waals surface area contributed by atoms with Crippen LogP contribution >= 0.6 is 0 Å². The molecule has 0 rings (SSSR count). The maximum Gasteiger partial charge on any atom is 1.00 e. The molecule has 0 saturated heterocycles. The molecule has 0 radical (unpaired) electrons. The first-order valence-electron chi connectivity index (χ1n) is 2.56. The first-order chi connectivity index (χ1) is 2.77. The zero-order chi connectivity index (χ0) is 4.99. The molecule has 0 nitrogen and oxygen atoms in total. The molecule has 0 aromatic rings. The third-order valence-corrected chi connectivity index (χ3v) is 2.25. The second kappa shape index (κ2) is 7.85. The quantitative estimate of drug-likeness (QED) is 0.439. The van der Waals surface area contributed by atoms with E-state index in [9.17, 15) is 0 Å². The van der Waals surface area contributed by atoms with Gasteiger partial charge in [-0.05, 0) is 0 Å². The van der Waals surface area contributed by atoms with Crippen LogP contribution in [0.15, 0.2) is 0 Å². The van der Waals surface area contributed by atoms with Gasteiger partial charge >= 0.3 is 51.4 Å². The van der Waals surface area contributed by atoms with E-state index < -0.39 is 0 Å². The molecule has 0 aliphatic heterocycles. The van der Waals surface area contributed by atoms with Crippen LogP contribution in [0.25, 0.3) is 0 Å². The SMILES string of the molecule is CCC[Si-](C)C.[K+]. The minimum atomic E-state index is 0. The summed E-state index contributed by atoms with van der Waals surface area (Å²) in [7, 11) is 0.114. The normalized spacial score (nSPS) is 8.57. The summed E-state index contributed by atoms with van der Waals surface area (Å²) in [6.07, 6.45) is 1.38. The fourth-order valence-corrected chi connectivity index (χ4v) is 1.50. The average Bonchev–Trinajstić information content (AvgIpc) is 1.35. The molecule has 0 atom stereocenters. The van der Waals surface area contributed by atoms with Crippen LogP contribution in [0.4, 0.5) is 0 Å². The Morgan fingerprint density at radius 3 is 1.71 bits per heavy atom. The van der Waals surface area contributed by atoms with Crippen LogP contribution in [0.3, 0.4) is 0 Å². The molecule has 7 heavy (non-hydrogen) atoms. The molecule has 0 aliphatic carbocycles. The van der Waals surface area contributed by atoms with Crippen molar-refractivity contribution >= 4 is 8.80 Å². The molecule has 38 valence electrons. The molecule has 0 aromatic carbocycles. The van der Waals surface area contributed by atoms with E-state index in [2.05, 4.69) is 20.0 Å². The number of hydrogen-bond acceptors (Lipinski definition) is 0. The molecular weight excluding hydrogens is 127 g/mol. The van der Waals surface area contributed by atoms with Crippen molar-refractivity contribution in [2.24, 2.45) is 0 Å². The molecule has 0 aliphatic rings. The van der Waals surface area contributed by atoms with E-state index in [0.29, 0.717) is 0 Å². The maximum atomic E-state index is 2.36. The second-order valence-corrected chi connectivity index (χ2v) is 4.87. The van der Waals surface area contributed by atoms with Crippen LogP contribution in [0.5, 0.6) is 0 Å². The van der Waals surface area contributed by atoms with E-state index >= 15 is 0 Å². The van der Waals surface area contributed by atoms with Crippen molar-refractivity contribution < 1.29 is 51.4 Å². The van der Waals surface area contributed by atoms with Gasteiger partial charge in [0.05, 0.1) is 0 Å². The Morgan fingerprint density at radius 2 is 1.71 bits per heavy atom. The molecule has 0 amide bonds. The van der Waals surface area contributed by atoms with E-state index in [4.69, 9.17) is 0 Å². The van der Waals surface area contributed by atoms with Gasteiger partial charge in [0.1, 0.15) is 0 Å². The Kier molecular flexibility index (Phi) is 13.0. The van der Waals surface area contributed by atoms with Crippen molar-refractivity contribution in [3.8, 4) is 0 Å². The predicted molar refractivity (Wildman–Crippen MR) is 32.6 cm³/mol. The van der Waals surface area contributed by atoms with Gasteiger partial charge in [0, 0.05) is 0 Å². The van der Waals surface area contributed by atoms with Gasteiger partial charge in [-0.3, -0.25) is 8.80 Å². The largest absolute Gasteiger partial charge is 1.00 e. The zero-order valence-electron chi connectivity index (χ0n) is 5.91. The third-order valence-electron chi connectivity index (χ3n) is 0.750. The first kappa shape index (κ1) is 11.6. The smallest absolute Gasteiger partial charge is 0.267 e. The van der Waals surface area contributed by atoms with Crippen molar-refractivity contribution in [2.75, 3.05) is 0 Å². The first-order valence-corrected chi connectivity index (χ1v) is 5.27. The molecule has 0 bridgehead atoms. The van der Waals surface area contributed by atoms with Gasteiger partial charge in [-0.25, -0.2) is 0 Å². The molecule has 0 heterocycles. The average molecular weight is 140 g/mol. The maximum absolute atomic E-state index is 2.36. The molecule has 0 fully saturated rings. The van der Waals surface area contributed by atoms with Crippen LogP contribution in [0.1, 0.15) is 13.3 Å². The predicted octanol–water partition coefficient (Wildman–Crippen LogP) is -0.845. The van der Waals surface area contributed by atoms with Gasteiger partial charge in [0.15, 0.2) is 0 Å². The van der Waals surface area contributed by atoms with E-state index in [1.165, 1.54) is 12.5 Å². The van der Waals surface area contributed by atoms with Crippen LogP contribution in [-0.4, -0.2) is 8.80 Å². The monoisotopic (exact) mass is 140 g/mol. The Labute approximate surface area is 91.1 Å². The summed E-state index contributed by atoms with van der Waals surface area (Å²) in [5.74, 6) is 0. The van der Waals surface area contributed by atoms with Crippen molar-refractivity contribution in [1.29, 1.82) is 0 Å². The fraction of sp³-hybridized carbons (Fsp3) is 1.00. The van der Waals surface area contributed by atoms with Gasteiger partial charge in [-0.15, -0.1) is 0 Å². The Balaban J connectivity index is 0. The summed E-state index contributed by atoms with van der Waals surface area (Å²) < 4.78 is 0. The van der Waals surface area contributed by atoms with Crippen LogP contribution < -0.4 is 51.4 Å². The molecule has 2 heteroatoms. The van der Waals surface area contributed by atoms with Crippen molar-refractivity contribution in [3.63, 3.8) is 0 Å². The van der Waals surface area contributed by atoms with Crippen LogP contribution in [0.2, 0.25) is 19.1 Å². The number of rotatable bonds is 2. The summed E-state index contributed by atoms with van der Waals surface area (Å²) in [5, 5.41) is 0. The summed E-state index contributed by atoms with van der Waals surface area (Å²) in [5.41, 5.74) is 0. The third kappa shape index (κ3) is 11.4. The molecule has 0 unspecified atom stereocenters. The van der Waals surface area contributed by atoms with Crippen molar-refractivity contribution in [2.45, 2.75) is 32.5 Å². The zero-order valence-corrected chi connectivity index (χ0v) is 10.0. The topological polar surface area (TPSA) is 0 Å². The summed E-state index contributed by atoms with van der Waals surface area (Å²) >= 11 is 0. The second-order valence-electron chi connectivity index (χ2n) is 1.96. The van der Waals surface area contributed by atoms with Gasteiger partial charge in [-0.1, -0.05) is 13.3 Å². The van der Waals surface area contributed by atoms with E-state index in [-0.39, 0.29) is 60.2 Å². The Hall–Kier alpha value is 1.85. The minimum absolute atomic E-state index is 0.